The lowest BCUT2D eigenvalue weighted by Crippen LogP contribution is -1.95. The molecule has 0 unspecified atom stereocenters. The molecule has 66 valence electrons. The first-order valence-electron chi connectivity index (χ1n) is 2.98. The molecule has 0 aromatic carbocycles. The Labute approximate surface area is 77.7 Å². The minimum absolute atomic E-state index is 0.0347. The van der Waals surface area contributed by atoms with Crippen LogP contribution in [0.4, 0.5) is 0 Å². The molecule has 0 aliphatic rings. The minimum Gasteiger partial charge on any atom is -0.495 e. The third kappa shape index (κ3) is 1.95. The van der Waals surface area contributed by atoms with Crippen molar-refractivity contribution in [2.75, 3.05) is 7.11 Å². The Morgan fingerprint density at radius 2 is 2.25 bits per heavy atom. The van der Waals surface area contributed by atoms with Crippen LogP contribution in [-0.2, 0) is 8.27 Å². The molecule has 0 amide bonds. The maximum atomic E-state index is 11.0. The Balaban J connectivity index is 3.33. The molecule has 1 rings (SSSR count). The first-order chi connectivity index (χ1) is 5.55. The summed E-state index contributed by atoms with van der Waals surface area (Å²) in [6.45, 7) is 0. The van der Waals surface area contributed by atoms with Crippen LogP contribution >= 0.6 is 14.8 Å². The molecule has 0 bridgehead atoms. The van der Waals surface area contributed by atoms with Gasteiger partial charge in [0.05, 0.1) is 28.1 Å². The fourth-order valence-electron chi connectivity index (χ4n) is 0.719. The van der Waals surface area contributed by atoms with Crippen LogP contribution in [0, 0.1) is 0 Å². The highest BCUT2D eigenvalue weighted by Gasteiger charge is 2.15. The second-order valence-electron chi connectivity index (χ2n) is 1.96. The maximum Gasteiger partial charge on any atom is 0.242 e. The molecule has 0 aliphatic carbocycles. The van der Waals surface area contributed by atoms with E-state index in [2.05, 4.69) is 19.8 Å². The highest BCUT2D eigenvalue weighted by Crippen LogP contribution is 2.25. The van der Waals surface area contributed by atoms with E-state index in [4.69, 9.17) is 4.74 Å². The van der Waals surface area contributed by atoms with Gasteiger partial charge in [0.15, 0.2) is 0 Å². The van der Waals surface area contributed by atoms with Crippen LogP contribution in [0.25, 0.3) is 0 Å². The van der Waals surface area contributed by atoms with Crippen LogP contribution in [0.1, 0.15) is 0 Å². The summed E-state index contributed by atoms with van der Waals surface area (Å²) in [6, 6.07) is 1.48. The topological polar surface area (TPSA) is 56.3 Å². The van der Waals surface area contributed by atoms with Gasteiger partial charge < -0.3 is 4.74 Å². The van der Waals surface area contributed by atoms with Gasteiger partial charge in [0.25, 0.3) is 0 Å². The van der Waals surface area contributed by atoms with E-state index >= 15 is 0 Å². The van der Waals surface area contributed by atoms with E-state index in [1.165, 1.54) is 25.6 Å². The number of methoxy groups -OCH3 is 1. The Hall–Kier alpha value is -0.620. The molecule has 1 aromatic rings. The number of ether oxygens (including phenoxy) is 1. The summed E-state index contributed by atoms with van der Waals surface area (Å²) in [5.41, 5.74) is 0. The van der Waals surface area contributed by atoms with Crippen molar-refractivity contribution < 1.29 is 13.2 Å². The number of hydrogen-bond acceptors (Lipinski definition) is 4. The van der Waals surface area contributed by atoms with E-state index in [9.17, 15) is 8.42 Å². The Kier molecular flexibility index (Phi) is 2.69. The third-order valence-corrected chi connectivity index (χ3v) is 3.11. The second kappa shape index (κ2) is 3.40. The monoisotopic (exact) mass is 251 g/mol. The lowest BCUT2D eigenvalue weighted by atomic mass is 10.4. The van der Waals surface area contributed by atoms with Gasteiger partial charge in [-0.2, -0.15) is 0 Å². The van der Waals surface area contributed by atoms with Gasteiger partial charge in [-0.1, -0.05) is 0 Å². The van der Waals surface area contributed by atoms with Gasteiger partial charge in [-0.3, -0.25) is 4.98 Å². The second-order valence-corrected chi connectivity index (χ2v) is 5.84. The van der Waals surface area contributed by atoms with Crippen LogP contribution in [0.5, 0.6) is 5.75 Å². The van der Waals surface area contributed by atoms with Crippen molar-refractivity contribution in [2.24, 2.45) is 0 Å². The average Bonchev–Trinajstić information content (AvgIpc) is 2.03. The first-order valence-corrected chi connectivity index (χ1v) is 6.31. The standard InChI is InChI=1S/C6H6BrNO3S/c1-11-5-2-3-8-4-6(5)12(7,9)10/h2-4H,1H3. The molecule has 1 aromatic heterocycles. The number of nitrogens with zero attached hydrogens (tertiary/aromatic N) is 1. The van der Waals surface area contributed by atoms with E-state index in [0.29, 0.717) is 0 Å². The third-order valence-electron chi connectivity index (χ3n) is 1.23. The van der Waals surface area contributed by atoms with Crippen molar-refractivity contribution in [1.29, 1.82) is 0 Å². The Morgan fingerprint density at radius 3 is 2.67 bits per heavy atom. The minimum atomic E-state index is -3.42. The SMILES string of the molecule is COc1ccncc1S(=O)(=O)Br. The van der Waals surface area contributed by atoms with Crippen molar-refractivity contribution in [3.05, 3.63) is 18.5 Å². The molecule has 0 atom stereocenters. The number of hydrogen-bond donors (Lipinski definition) is 0. The number of rotatable bonds is 2. The molecule has 0 saturated carbocycles. The van der Waals surface area contributed by atoms with Gasteiger partial charge in [-0.05, 0) is 6.07 Å². The molecule has 12 heavy (non-hydrogen) atoms. The van der Waals surface area contributed by atoms with E-state index in [-0.39, 0.29) is 10.6 Å². The molecule has 4 nitrogen and oxygen atoms in total. The Bertz CT molecular complexity index is 376. The normalized spacial score (nSPS) is 11.2. The summed E-state index contributed by atoms with van der Waals surface area (Å²) in [4.78, 5) is 3.71. The molecule has 1 heterocycles. The first kappa shape index (κ1) is 9.47. The largest absolute Gasteiger partial charge is 0.495 e. The van der Waals surface area contributed by atoms with Crippen LogP contribution < -0.4 is 4.74 Å². The van der Waals surface area contributed by atoms with Crippen molar-refractivity contribution in [3.8, 4) is 5.75 Å². The fourth-order valence-corrected chi connectivity index (χ4v) is 2.03. The number of aromatic nitrogens is 1. The molecule has 0 N–H and O–H groups in total. The molecule has 0 saturated heterocycles. The van der Waals surface area contributed by atoms with Crippen LogP contribution in [0.15, 0.2) is 23.4 Å². The summed E-state index contributed by atoms with van der Waals surface area (Å²) in [5.74, 6) is 0.280. The zero-order chi connectivity index (χ0) is 9.19. The predicted molar refractivity (Wildman–Crippen MR) is 46.9 cm³/mol. The van der Waals surface area contributed by atoms with Crippen LogP contribution in [0.2, 0.25) is 0 Å². The van der Waals surface area contributed by atoms with Gasteiger partial charge in [0.1, 0.15) is 10.6 Å². The number of halogens is 1. The van der Waals surface area contributed by atoms with Crippen LogP contribution in [-0.4, -0.2) is 20.5 Å². The maximum absolute atomic E-state index is 11.0. The smallest absolute Gasteiger partial charge is 0.242 e. The molecule has 0 fully saturated rings. The van der Waals surface area contributed by atoms with E-state index in [1.807, 2.05) is 0 Å². The summed E-state index contributed by atoms with van der Waals surface area (Å²) in [5, 5.41) is 0. The molecule has 0 radical (unpaired) electrons. The van der Waals surface area contributed by atoms with E-state index in [1.54, 1.807) is 0 Å². The molecule has 6 heteroatoms. The quantitative estimate of drug-likeness (QED) is 0.741. The Morgan fingerprint density at radius 1 is 1.58 bits per heavy atom. The zero-order valence-corrected chi connectivity index (χ0v) is 8.59. The lowest BCUT2D eigenvalue weighted by molar-refractivity contribution is 0.402. The number of pyridine rings is 1. The van der Waals surface area contributed by atoms with Crippen molar-refractivity contribution in [1.82, 2.24) is 4.98 Å². The summed E-state index contributed by atoms with van der Waals surface area (Å²) >= 11 is 2.53. The zero-order valence-electron chi connectivity index (χ0n) is 6.19. The van der Waals surface area contributed by atoms with Crippen molar-refractivity contribution in [2.45, 2.75) is 4.90 Å². The predicted octanol–water partition coefficient (Wildman–Crippen LogP) is 1.17. The summed E-state index contributed by atoms with van der Waals surface area (Å²) in [7, 11) is -2.02. The van der Waals surface area contributed by atoms with Gasteiger partial charge in [-0.25, -0.2) is 8.42 Å². The van der Waals surface area contributed by atoms with Crippen LogP contribution in [0.3, 0.4) is 0 Å². The summed E-state index contributed by atoms with van der Waals surface area (Å²) < 4.78 is 26.8. The molecule has 0 aliphatic heterocycles. The summed E-state index contributed by atoms with van der Waals surface area (Å²) in [6.07, 6.45) is 2.68. The molecular weight excluding hydrogens is 246 g/mol. The molecular formula is C6H6BrNO3S. The average molecular weight is 252 g/mol. The van der Waals surface area contributed by atoms with Gasteiger partial charge in [0.2, 0.25) is 8.27 Å². The fraction of sp³-hybridized carbons (Fsp3) is 0.167. The van der Waals surface area contributed by atoms with E-state index < -0.39 is 8.27 Å². The molecule has 0 spiro atoms. The van der Waals surface area contributed by atoms with Gasteiger partial charge >= 0.3 is 0 Å². The van der Waals surface area contributed by atoms with Gasteiger partial charge in [0, 0.05) is 6.20 Å². The van der Waals surface area contributed by atoms with Crippen molar-refractivity contribution in [3.63, 3.8) is 0 Å². The highest BCUT2D eigenvalue weighted by molar-refractivity contribution is 9.47. The highest BCUT2D eigenvalue weighted by atomic mass is 79.9. The van der Waals surface area contributed by atoms with E-state index in [0.717, 1.165) is 0 Å². The lowest BCUT2D eigenvalue weighted by Gasteiger charge is -2.02. The van der Waals surface area contributed by atoms with Gasteiger partial charge in [-0.15, -0.1) is 0 Å². The van der Waals surface area contributed by atoms with Crippen molar-refractivity contribution >= 4 is 23.1 Å².